The van der Waals surface area contributed by atoms with Crippen molar-refractivity contribution in [2.24, 2.45) is 0 Å². The normalized spacial score (nSPS) is 12.9. The molecule has 2 heterocycles. The third-order valence-corrected chi connectivity index (χ3v) is 4.42. The van der Waals surface area contributed by atoms with Crippen molar-refractivity contribution in [1.82, 2.24) is 9.55 Å². The lowest BCUT2D eigenvalue weighted by molar-refractivity contribution is 0.571. The van der Waals surface area contributed by atoms with Gasteiger partial charge >= 0.3 is 0 Å². The number of thiophene rings is 1. The van der Waals surface area contributed by atoms with Gasteiger partial charge in [-0.05, 0) is 30.5 Å². The fourth-order valence-electron chi connectivity index (χ4n) is 2.38. The molecule has 0 aliphatic carbocycles. The van der Waals surface area contributed by atoms with Crippen molar-refractivity contribution in [1.29, 1.82) is 0 Å². The minimum absolute atomic E-state index is 0.252. The highest BCUT2D eigenvalue weighted by Crippen LogP contribution is 2.29. The molecule has 0 fully saturated rings. The molecule has 0 aliphatic heterocycles. The molecule has 2 N–H and O–H groups in total. The van der Waals surface area contributed by atoms with Crippen LogP contribution in [0, 0.1) is 0 Å². The summed E-state index contributed by atoms with van der Waals surface area (Å²) in [6.07, 6.45) is 0.944. The fourth-order valence-corrected chi connectivity index (χ4v) is 3.41. The largest absolute Gasteiger partial charge is 0.369 e. The molecule has 98 valence electrons. The van der Waals surface area contributed by atoms with Crippen LogP contribution in [0.25, 0.3) is 11.0 Å². The molecular formula is C14H14ClN3S. The predicted molar refractivity (Wildman–Crippen MR) is 81.9 cm³/mol. The molecule has 1 aromatic carbocycles. The second kappa shape index (κ2) is 4.87. The number of anilines is 1. The average Bonchev–Trinajstić information content (AvgIpc) is 2.96. The van der Waals surface area contributed by atoms with Crippen LogP contribution < -0.4 is 5.73 Å². The lowest BCUT2D eigenvalue weighted by atomic mass is 10.2. The molecule has 2 aromatic heterocycles. The highest BCUT2D eigenvalue weighted by atomic mass is 35.5. The summed E-state index contributed by atoms with van der Waals surface area (Å²) < 4.78 is 2.06. The van der Waals surface area contributed by atoms with Crippen molar-refractivity contribution in [3.63, 3.8) is 0 Å². The van der Waals surface area contributed by atoms with Gasteiger partial charge in [0.2, 0.25) is 5.95 Å². The van der Waals surface area contributed by atoms with Gasteiger partial charge in [0, 0.05) is 17.3 Å². The van der Waals surface area contributed by atoms with E-state index in [-0.39, 0.29) is 6.04 Å². The fraction of sp³-hybridized carbons (Fsp3) is 0.214. The molecule has 0 bridgehead atoms. The van der Waals surface area contributed by atoms with Crippen molar-refractivity contribution < 1.29 is 0 Å². The van der Waals surface area contributed by atoms with Crippen LogP contribution in [0.4, 0.5) is 5.95 Å². The number of fused-ring (bicyclic) bond motifs is 1. The van der Waals surface area contributed by atoms with Crippen molar-refractivity contribution in [3.8, 4) is 0 Å². The topological polar surface area (TPSA) is 43.8 Å². The Morgan fingerprint density at radius 3 is 2.95 bits per heavy atom. The van der Waals surface area contributed by atoms with E-state index in [0.29, 0.717) is 11.0 Å². The first-order valence-corrected chi connectivity index (χ1v) is 7.37. The Bertz CT molecular complexity index is 703. The first-order chi connectivity index (χ1) is 9.16. The number of aromatic nitrogens is 2. The Balaban J connectivity index is 2.04. The average molecular weight is 292 g/mol. The number of nitrogen functional groups attached to an aromatic ring is 1. The lowest BCUT2D eigenvalue weighted by Crippen LogP contribution is -2.10. The van der Waals surface area contributed by atoms with Gasteiger partial charge in [-0.15, -0.1) is 11.3 Å². The standard InChI is InChI=1S/C14H14ClN3S/c1-9(8-10-4-3-7-19-10)18-12-6-2-5-11(15)13(12)17-14(18)16/h2-7,9H,8H2,1H3,(H2,16,17). The second-order valence-electron chi connectivity index (χ2n) is 4.58. The van der Waals surface area contributed by atoms with Crippen LogP contribution in [0.3, 0.4) is 0 Å². The summed E-state index contributed by atoms with van der Waals surface area (Å²) in [5, 5.41) is 2.74. The molecule has 0 radical (unpaired) electrons. The van der Waals surface area contributed by atoms with E-state index in [1.165, 1.54) is 4.88 Å². The summed E-state index contributed by atoms with van der Waals surface area (Å²) in [6, 6.07) is 10.2. The zero-order valence-electron chi connectivity index (χ0n) is 10.5. The Morgan fingerprint density at radius 1 is 1.37 bits per heavy atom. The number of rotatable bonds is 3. The van der Waals surface area contributed by atoms with E-state index >= 15 is 0 Å². The van der Waals surface area contributed by atoms with Crippen LogP contribution in [-0.2, 0) is 6.42 Å². The van der Waals surface area contributed by atoms with Crippen molar-refractivity contribution in [3.05, 3.63) is 45.6 Å². The van der Waals surface area contributed by atoms with Crippen LogP contribution in [0.15, 0.2) is 35.7 Å². The van der Waals surface area contributed by atoms with Gasteiger partial charge < -0.3 is 10.3 Å². The van der Waals surface area contributed by atoms with Gasteiger partial charge in [-0.25, -0.2) is 4.98 Å². The number of hydrogen-bond donors (Lipinski definition) is 1. The van der Waals surface area contributed by atoms with E-state index in [1.807, 2.05) is 18.2 Å². The van der Waals surface area contributed by atoms with E-state index in [2.05, 4.69) is 34.0 Å². The SMILES string of the molecule is CC(Cc1cccs1)n1c(N)nc2c(Cl)cccc21. The third kappa shape index (κ3) is 2.22. The molecule has 1 unspecified atom stereocenters. The van der Waals surface area contributed by atoms with Crippen LogP contribution in [0.1, 0.15) is 17.8 Å². The van der Waals surface area contributed by atoms with E-state index in [4.69, 9.17) is 17.3 Å². The zero-order valence-corrected chi connectivity index (χ0v) is 12.1. The minimum Gasteiger partial charge on any atom is -0.369 e. The molecule has 3 nitrogen and oxygen atoms in total. The Labute approximate surface area is 120 Å². The van der Waals surface area contributed by atoms with E-state index < -0.39 is 0 Å². The quantitative estimate of drug-likeness (QED) is 0.788. The number of benzene rings is 1. The third-order valence-electron chi connectivity index (χ3n) is 3.22. The molecular weight excluding hydrogens is 278 g/mol. The molecule has 3 aromatic rings. The van der Waals surface area contributed by atoms with Gasteiger partial charge in [0.15, 0.2) is 0 Å². The molecule has 0 saturated heterocycles. The van der Waals surface area contributed by atoms with Gasteiger partial charge in [0.25, 0.3) is 0 Å². The molecule has 3 rings (SSSR count). The summed E-state index contributed by atoms with van der Waals surface area (Å²) >= 11 is 7.92. The lowest BCUT2D eigenvalue weighted by Gasteiger charge is -2.15. The number of halogens is 1. The van der Waals surface area contributed by atoms with Crippen molar-refractivity contribution in [2.75, 3.05) is 5.73 Å². The van der Waals surface area contributed by atoms with E-state index in [9.17, 15) is 0 Å². The van der Waals surface area contributed by atoms with E-state index in [0.717, 1.165) is 17.5 Å². The van der Waals surface area contributed by atoms with Gasteiger partial charge in [-0.3, -0.25) is 0 Å². The van der Waals surface area contributed by atoms with Crippen LogP contribution in [0.5, 0.6) is 0 Å². The summed E-state index contributed by atoms with van der Waals surface area (Å²) in [4.78, 5) is 5.72. The maximum Gasteiger partial charge on any atom is 0.201 e. The maximum atomic E-state index is 6.16. The van der Waals surface area contributed by atoms with Gasteiger partial charge in [0.1, 0.15) is 5.52 Å². The molecule has 0 aliphatic rings. The van der Waals surface area contributed by atoms with Crippen LogP contribution in [-0.4, -0.2) is 9.55 Å². The number of para-hydroxylation sites is 1. The summed E-state index contributed by atoms with van der Waals surface area (Å²) in [5.74, 6) is 0.521. The molecule has 5 heteroatoms. The van der Waals surface area contributed by atoms with E-state index in [1.54, 1.807) is 11.3 Å². The van der Waals surface area contributed by atoms with Crippen LogP contribution in [0.2, 0.25) is 5.02 Å². The molecule has 0 saturated carbocycles. The summed E-state index contributed by atoms with van der Waals surface area (Å²) in [7, 11) is 0. The summed E-state index contributed by atoms with van der Waals surface area (Å²) in [6.45, 7) is 2.15. The molecule has 0 spiro atoms. The Kier molecular flexibility index (Phi) is 3.21. The first kappa shape index (κ1) is 12.5. The highest BCUT2D eigenvalue weighted by molar-refractivity contribution is 7.09. The Hall–Kier alpha value is -1.52. The van der Waals surface area contributed by atoms with Crippen molar-refractivity contribution in [2.45, 2.75) is 19.4 Å². The van der Waals surface area contributed by atoms with Crippen molar-refractivity contribution >= 4 is 39.9 Å². The van der Waals surface area contributed by atoms with Gasteiger partial charge in [-0.2, -0.15) is 0 Å². The Morgan fingerprint density at radius 2 is 2.21 bits per heavy atom. The second-order valence-corrected chi connectivity index (χ2v) is 6.02. The number of nitrogens with zero attached hydrogens (tertiary/aromatic N) is 2. The van der Waals surface area contributed by atoms with Gasteiger partial charge in [0.05, 0.1) is 10.5 Å². The number of hydrogen-bond acceptors (Lipinski definition) is 3. The van der Waals surface area contributed by atoms with Crippen LogP contribution >= 0.6 is 22.9 Å². The number of imidazole rings is 1. The minimum atomic E-state index is 0.252. The maximum absolute atomic E-state index is 6.16. The molecule has 19 heavy (non-hydrogen) atoms. The highest BCUT2D eigenvalue weighted by Gasteiger charge is 2.16. The summed E-state index contributed by atoms with van der Waals surface area (Å²) in [5.41, 5.74) is 7.82. The molecule has 1 atom stereocenters. The smallest absolute Gasteiger partial charge is 0.201 e. The number of nitrogens with two attached hydrogens (primary N) is 1. The predicted octanol–water partition coefficient (Wildman–Crippen LogP) is 4.14. The first-order valence-electron chi connectivity index (χ1n) is 6.11. The van der Waals surface area contributed by atoms with Gasteiger partial charge in [-0.1, -0.05) is 23.7 Å². The monoisotopic (exact) mass is 291 g/mol. The zero-order chi connectivity index (χ0) is 13.4. The molecule has 0 amide bonds.